The van der Waals surface area contributed by atoms with Crippen molar-refractivity contribution in [2.75, 3.05) is 19.6 Å². The molecule has 0 saturated carbocycles. The molecule has 2 rings (SSSR count). The van der Waals surface area contributed by atoms with Crippen LogP contribution in [0.1, 0.15) is 44.7 Å². The lowest BCUT2D eigenvalue weighted by molar-refractivity contribution is -0.131. The van der Waals surface area contributed by atoms with Gasteiger partial charge in [0.25, 0.3) is 0 Å². The molecular weight excluding hydrogens is 240 g/mol. The van der Waals surface area contributed by atoms with Crippen LogP contribution in [0.25, 0.3) is 0 Å². The average Bonchev–Trinajstić information content (AvgIpc) is 2.94. The average molecular weight is 264 g/mol. The Labute approximate surface area is 115 Å². The maximum Gasteiger partial charge on any atom is 0.236 e. The van der Waals surface area contributed by atoms with Gasteiger partial charge in [-0.2, -0.15) is 5.10 Å². The molecule has 19 heavy (non-hydrogen) atoms. The van der Waals surface area contributed by atoms with E-state index in [0.29, 0.717) is 6.54 Å². The predicted molar refractivity (Wildman–Crippen MR) is 74.7 cm³/mol. The Hall–Kier alpha value is -1.36. The van der Waals surface area contributed by atoms with Crippen LogP contribution in [0.15, 0.2) is 12.4 Å². The number of amides is 1. The van der Waals surface area contributed by atoms with Crippen LogP contribution in [-0.4, -0.2) is 40.2 Å². The second kappa shape index (κ2) is 6.70. The molecule has 0 aliphatic carbocycles. The van der Waals surface area contributed by atoms with Crippen LogP contribution in [0.3, 0.4) is 0 Å². The van der Waals surface area contributed by atoms with Crippen LogP contribution in [-0.2, 0) is 11.3 Å². The normalized spacial score (nSPS) is 17.5. The number of nitrogens with zero attached hydrogens (tertiary/aromatic N) is 3. The van der Waals surface area contributed by atoms with Crippen LogP contribution in [0.2, 0.25) is 0 Å². The Morgan fingerprint density at radius 1 is 1.42 bits per heavy atom. The van der Waals surface area contributed by atoms with Gasteiger partial charge in [0.05, 0.1) is 12.7 Å². The second-order valence-corrected chi connectivity index (χ2v) is 5.17. The first kappa shape index (κ1) is 14.1. The van der Waals surface area contributed by atoms with Crippen LogP contribution >= 0.6 is 0 Å². The summed E-state index contributed by atoms with van der Waals surface area (Å²) in [5, 5.41) is 7.54. The molecule has 1 aromatic heterocycles. The van der Waals surface area contributed by atoms with Gasteiger partial charge in [0.15, 0.2) is 0 Å². The van der Waals surface area contributed by atoms with Crippen LogP contribution in [0.4, 0.5) is 0 Å². The topological polar surface area (TPSA) is 50.2 Å². The van der Waals surface area contributed by atoms with Gasteiger partial charge in [0.1, 0.15) is 0 Å². The number of piperidine rings is 1. The quantitative estimate of drug-likeness (QED) is 0.878. The third-order valence-corrected chi connectivity index (χ3v) is 3.75. The molecule has 106 valence electrons. The maximum atomic E-state index is 12.0. The summed E-state index contributed by atoms with van der Waals surface area (Å²) in [4.78, 5) is 14.0. The first-order valence-electron chi connectivity index (χ1n) is 7.24. The van der Waals surface area contributed by atoms with Gasteiger partial charge in [-0.3, -0.25) is 9.48 Å². The molecule has 2 heterocycles. The zero-order valence-corrected chi connectivity index (χ0v) is 11.9. The number of hydrogen-bond acceptors (Lipinski definition) is 3. The van der Waals surface area contributed by atoms with E-state index in [9.17, 15) is 4.79 Å². The fraction of sp³-hybridized carbons (Fsp3) is 0.714. The lowest BCUT2D eigenvalue weighted by Crippen LogP contribution is -2.41. The summed E-state index contributed by atoms with van der Waals surface area (Å²) in [5.41, 5.74) is 1.13. The molecule has 1 aromatic rings. The van der Waals surface area contributed by atoms with Gasteiger partial charge in [0, 0.05) is 37.4 Å². The van der Waals surface area contributed by atoms with E-state index in [2.05, 4.69) is 24.3 Å². The summed E-state index contributed by atoms with van der Waals surface area (Å²) < 4.78 is 1.90. The van der Waals surface area contributed by atoms with E-state index in [-0.39, 0.29) is 11.9 Å². The number of carbonyl (C=O) groups excluding carboxylic acids is 1. The Balaban J connectivity index is 1.79. The summed E-state index contributed by atoms with van der Waals surface area (Å²) in [6.07, 6.45) is 7.44. The number of aromatic nitrogens is 2. The summed E-state index contributed by atoms with van der Waals surface area (Å²) >= 11 is 0. The first-order valence-corrected chi connectivity index (χ1v) is 7.24. The van der Waals surface area contributed by atoms with Crippen molar-refractivity contribution in [1.82, 2.24) is 20.0 Å². The van der Waals surface area contributed by atoms with Crippen LogP contribution in [0.5, 0.6) is 0 Å². The minimum absolute atomic E-state index is 0.161. The summed E-state index contributed by atoms with van der Waals surface area (Å²) in [6, 6.07) is 0.161. The van der Waals surface area contributed by atoms with Gasteiger partial charge < -0.3 is 10.2 Å². The van der Waals surface area contributed by atoms with Gasteiger partial charge in [-0.25, -0.2) is 0 Å². The molecule has 0 radical (unpaired) electrons. The van der Waals surface area contributed by atoms with Gasteiger partial charge in [-0.05, 0) is 33.1 Å². The van der Waals surface area contributed by atoms with Gasteiger partial charge in [0.2, 0.25) is 5.91 Å². The Kier molecular flexibility index (Phi) is 4.96. The van der Waals surface area contributed by atoms with E-state index in [4.69, 9.17) is 0 Å². The SMILES string of the molecule is CCn1cc(C(C)NCC(=O)N2CCCCC2)cn1. The highest BCUT2D eigenvalue weighted by molar-refractivity contribution is 5.78. The number of carbonyl (C=O) groups is 1. The van der Waals surface area contributed by atoms with E-state index < -0.39 is 0 Å². The molecule has 0 spiro atoms. The molecular formula is C14H24N4O. The monoisotopic (exact) mass is 264 g/mol. The Morgan fingerprint density at radius 3 is 2.79 bits per heavy atom. The molecule has 1 aliphatic heterocycles. The third kappa shape index (κ3) is 3.80. The molecule has 1 unspecified atom stereocenters. The molecule has 1 aliphatic rings. The highest BCUT2D eigenvalue weighted by Crippen LogP contribution is 2.12. The lowest BCUT2D eigenvalue weighted by Gasteiger charge is -2.27. The largest absolute Gasteiger partial charge is 0.342 e. The fourth-order valence-corrected chi connectivity index (χ4v) is 2.39. The first-order chi connectivity index (χ1) is 9.20. The van der Waals surface area contributed by atoms with Crippen molar-refractivity contribution in [2.24, 2.45) is 0 Å². The van der Waals surface area contributed by atoms with E-state index in [0.717, 1.165) is 38.0 Å². The molecule has 1 amide bonds. The smallest absolute Gasteiger partial charge is 0.236 e. The minimum Gasteiger partial charge on any atom is -0.342 e. The number of rotatable bonds is 5. The fourth-order valence-electron chi connectivity index (χ4n) is 2.39. The zero-order valence-electron chi connectivity index (χ0n) is 11.9. The summed E-state index contributed by atoms with van der Waals surface area (Å²) in [7, 11) is 0. The highest BCUT2D eigenvalue weighted by atomic mass is 16.2. The van der Waals surface area contributed by atoms with E-state index in [1.165, 1.54) is 6.42 Å². The molecule has 0 aromatic carbocycles. The minimum atomic E-state index is 0.161. The van der Waals surface area contributed by atoms with Crippen molar-refractivity contribution in [1.29, 1.82) is 0 Å². The molecule has 1 N–H and O–H groups in total. The predicted octanol–water partition coefficient (Wildman–Crippen LogP) is 1.57. The number of nitrogens with one attached hydrogen (secondary N) is 1. The van der Waals surface area contributed by atoms with E-state index in [1.54, 1.807) is 0 Å². The van der Waals surface area contributed by atoms with Gasteiger partial charge in [-0.1, -0.05) is 0 Å². The van der Waals surface area contributed by atoms with Crippen molar-refractivity contribution in [3.05, 3.63) is 18.0 Å². The summed E-state index contributed by atoms with van der Waals surface area (Å²) in [5.74, 6) is 0.217. The van der Waals surface area contributed by atoms with Gasteiger partial charge >= 0.3 is 0 Å². The van der Waals surface area contributed by atoms with Crippen LogP contribution < -0.4 is 5.32 Å². The molecule has 1 atom stereocenters. The van der Waals surface area contributed by atoms with Crippen molar-refractivity contribution >= 4 is 5.91 Å². The molecule has 5 heteroatoms. The Morgan fingerprint density at radius 2 is 2.16 bits per heavy atom. The number of likely N-dealkylation sites (tertiary alicyclic amines) is 1. The highest BCUT2D eigenvalue weighted by Gasteiger charge is 2.17. The molecule has 0 bridgehead atoms. The van der Waals surface area contributed by atoms with Crippen molar-refractivity contribution < 1.29 is 4.79 Å². The van der Waals surface area contributed by atoms with Crippen molar-refractivity contribution in [3.8, 4) is 0 Å². The second-order valence-electron chi connectivity index (χ2n) is 5.17. The summed E-state index contributed by atoms with van der Waals surface area (Å²) in [6.45, 7) is 7.26. The number of aryl methyl sites for hydroxylation is 1. The lowest BCUT2D eigenvalue weighted by atomic mass is 10.1. The molecule has 5 nitrogen and oxygen atoms in total. The third-order valence-electron chi connectivity index (χ3n) is 3.75. The Bertz CT molecular complexity index is 409. The van der Waals surface area contributed by atoms with Crippen molar-refractivity contribution in [3.63, 3.8) is 0 Å². The van der Waals surface area contributed by atoms with E-state index in [1.807, 2.05) is 22.0 Å². The zero-order chi connectivity index (χ0) is 13.7. The maximum absolute atomic E-state index is 12.0. The standard InChI is InChI=1S/C14H24N4O/c1-3-18-11-13(9-16-18)12(2)15-10-14(19)17-7-5-4-6-8-17/h9,11-12,15H,3-8,10H2,1-2H3. The van der Waals surface area contributed by atoms with Crippen LogP contribution in [0, 0.1) is 0 Å². The number of hydrogen-bond donors (Lipinski definition) is 1. The van der Waals surface area contributed by atoms with E-state index >= 15 is 0 Å². The van der Waals surface area contributed by atoms with Gasteiger partial charge in [-0.15, -0.1) is 0 Å². The molecule has 1 saturated heterocycles. The van der Waals surface area contributed by atoms with Crippen molar-refractivity contribution in [2.45, 2.75) is 45.7 Å². The molecule has 1 fully saturated rings.